The second-order valence-corrected chi connectivity index (χ2v) is 7.60. The Morgan fingerprint density at radius 2 is 1.70 bits per heavy atom. The van der Waals surface area contributed by atoms with Crippen molar-refractivity contribution >= 4 is 35.0 Å². The van der Waals surface area contributed by atoms with Gasteiger partial charge in [0.25, 0.3) is 0 Å². The third kappa shape index (κ3) is 6.26. The minimum atomic E-state index is -0.605. The molecule has 0 spiro atoms. The largest absolute Gasteiger partial charge is 0.352 e. The fourth-order valence-electron chi connectivity index (χ4n) is 2.70. The summed E-state index contributed by atoms with van der Waals surface area (Å²) in [4.78, 5) is 27.1. The van der Waals surface area contributed by atoms with Crippen molar-refractivity contribution in [2.45, 2.75) is 45.8 Å². The molecule has 0 heterocycles. The van der Waals surface area contributed by atoms with Crippen LogP contribution < -0.4 is 5.32 Å². The van der Waals surface area contributed by atoms with Crippen LogP contribution in [0.1, 0.15) is 31.9 Å². The molecule has 2 rings (SSSR count). The van der Waals surface area contributed by atoms with Gasteiger partial charge in [0.15, 0.2) is 0 Å². The first-order chi connectivity index (χ1) is 12.8. The lowest BCUT2D eigenvalue weighted by atomic mass is 10.1. The van der Waals surface area contributed by atoms with Gasteiger partial charge in [-0.3, -0.25) is 9.59 Å². The van der Waals surface area contributed by atoms with Gasteiger partial charge in [0, 0.05) is 22.6 Å². The molecule has 0 unspecified atom stereocenters. The highest BCUT2D eigenvalue weighted by atomic mass is 35.5. The third-order valence-electron chi connectivity index (χ3n) is 4.15. The number of rotatable bonds is 7. The molecule has 0 saturated carbocycles. The second-order valence-electron chi connectivity index (χ2n) is 6.76. The minimum Gasteiger partial charge on any atom is -0.352 e. The van der Waals surface area contributed by atoms with E-state index in [9.17, 15) is 9.59 Å². The van der Waals surface area contributed by atoms with E-state index in [-0.39, 0.29) is 24.3 Å². The lowest BCUT2D eigenvalue weighted by Crippen LogP contribution is -2.49. The Hall–Kier alpha value is -2.04. The van der Waals surface area contributed by atoms with E-state index in [1.54, 1.807) is 30.0 Å². The maximum Gasteiger partial charge on any atom is 0.242 e. The molecule has 0 saturated heterocycles. The Balaban J connectivity index is 2.24. The topological polar surface area (TPSA) is 49.4 Å². The van der Waals surface area contributed by atoms with Crippen molar-refractivity contribution in [1.29, 1.82) is 0 Å². The molecule has 6 heteroatoms. The van der Waals surface area contributed by atoms with Crippen LogP contribution in [-0.4, -0.2) is 28.8 Å². The van der Waals surface area contributed by atoms with Gasteiger partial charge in [-0.05, 0) is 44.0 Å². The van der Waals surface area contributed by atoms with E-state index in [1.807, 2.05) is 44.2 Å². The third-order valence-corrected chi connectivity index (χ3v) is 4.74. The SMILES string of the molecule is CC(C)NC(=O)[C@H](C)N(Cc1ccccc1)C(=O)Cc1ccc(Cl)cc1Cl. The summed E-state index contributed by atoms with van der Waals surface area (Å²) in [6, 6.07) is 14.0. The molecule has 4 nitrogen and oxygen atoms in total. The minimum absolute atomic E-state index is 0.000614. The van der Waals surface area contributed by atoms with Crippen LogP contribution in [0.5, 0.6) is 0 Å². The smallest absolute Gasteiger partial charge is 0.242 e. The van der Waals surface area contributed by atoms with E-state index in [0.29, 0.717) is 22.2 Å². The van der Waals surface area contributed by atoms with Crippen LogP contribution in [0.15, 0.2) is 48.5 Å². The van der Waals surface area contributed by atoms with Crippen molar-refractivity contribution in [3.8, 4) is 0 Å². The Labute approximate surface area is 170 Å². The lowest BCUT2D eigenvalue weighted by molar-refractivity contribution is -0.140. The van der Waals surface area contributed by atoms with Crippen molar-refractivity contribution in [2.75, 3.05) is 0 Å². The number of nitrogens with zero attached hydrogens (tertiary/aromatic N) is 1. The molecule has 0 radical (unpaired) electrons. The number of halogens is 2. The van der Waals surface area contributed by atoms with Crippen LogP contribution in [0.3, 0.4) is 0 Å². The van der Waals surface area contributed by atoms with Crippen molar-refractivity contribution in [3.05, 3.63) is 69.7 Å². The number of carbonyl (C=O) groups excluding carboxylic acids is 2. The maximum atomic E-state index is 13.0. The lowest BCUT2D eigenvalue weighted by Gasteiger charge is -2.29. The number of nitrogens with one attached hydrogen (secondary N) is 1. The fraction of sp³-hybridized carbons (Fsp3) is 0.333. The average molecular weight is 407 g/mol. The molecule has 0 aliphatic carbocycles. The van der Waals surface area contributed by atoms with E-state index in [1.165, 1.54) is 0 Å². The molecule has 2 aromatic carbocycles. The molecule has 2 aromatic rings. The number of amides is 2. The molecule has 1 N–H and O–H groups in total. The van der Waals surface area contributed by atoms with Crippen molar-refractivity contribution in [1.82, 2.24) is 10.2 Å². The van der Waals surface area contributed by atoms with Crippen LogP contribution >= 0.6 is 23.2 Å². The molecule has 0 bridgehead atoms. The first kappa shape index (κ1) is 21.3. The summed E-state index contributed by atoms with van der Waals surface area (Å²) in [6.45, 7) is 5.86. The molecular weight excluding hydrogens is 383 g/mol. The second kappa shape index (κ2) is 9.77. The van der Waals surface area contributed by atoms with Gasteiger partial charge in [0.2, 0.25) is 11.8 Å². The van der Waals surface area contributed by atoms with Gasteiger partial charge in [0.1, 0.15) is 6.04 Å². The summed E-state index contributed by atoms with van der Waals surface area (Å²) in [6.07, 6.45) is 0.0993. The van der Waals surface area contributed by atoms with Gasteiger partial charge in [0.05, 0.1) is 6.42 Å². The van der Waals surface area contributed by atoms with E-state index < -0.39 is 6.04 Å². The summed E-state index contributed by atoms with van der Waals surface area (Å²) in [5.74, 6) is -0.356. The summed E-state index contributed by atoms with van der Waals surface area (Å²) >= 11 is 12.1. The quantitative estimate of drug-likeness (QED) is 0.736. The zero-order chi connectivity index (χ0) is 20.0. The molecule has 0 fully saturated rings. The van der Waals surface area contributed by atoms with Gasteiger partial charge in [-0.1, -0.05) is 59.6 Å². The summed E-state index contributed by atoms with van der Waals surface area (Å²) < 4.78 is 0. The zero-order valence-corrected chi connectivity index (χ0v) is 17.2. The van der Waals surface area contributed by atoms with Crippen LogP contribution in [0, 0.1) is 0 Å². The maximum absolute atomic E-state index is 13.0. The standard InChI is InChI=1S/C21H24Cl2N2O2/c1-14(2)24-21(27)15(3)25(13-16-7-5-4-6-8-16)20(26)11-17-9-10-18(22)12-19(17)23/h4-10,12,14-15H,11,13H2,1-3H3,(H,24,27)/t15-/m0/s1. The normalized spacial score (nSPS) is 11.9. The predicted octanol–water partition coefficient (Wildman–Crippen LogP) is 4.48. The molecular formula is C21H24Cl2N2O2. The number of benzene rings is 2. The highest BCUT2D eigenvalue weighted by molar-refractivity contribution is 6.35. The molecule has 2 amide bonds. The summed E-state index contributed by atoms with van der Waals surface area (Å²) in [7, 11) is 0. The van der Waals surface area contributed by atoms with Gasteiger partial charge in [-0.2, -0.15) is 0 Å². The molecule has 0 aliphatic rings. The summed E-state index contributed by atoms with van der Waals surface area (Å²) in [5, 5.41) is 3.83. The Morgan fingerprint density at radius 1 is 1.04 bits per heavy atom. The highest BCUT2D eigenvalue weighted by Gasteiger charge is 2.26. The van der Waals surface area contributed by atoms with Crippen molar-refractivity contribution in [3.63, 3.8) is 0 Å². The number of carbonyl (C=O) groups is 2. The van der Waals surface area contributed by atoms with E-state index in [2.05, 4.69) is 5.32 Å². The monoisotopic (exact) mass is 406 g/mol. The summed E-state index contributed by atoms with van der Waals surface area (Å²) in [5.41, 5.74) is 1.64. The van der Waals surface area contributed by atoms with E-state index in [0.717, 1.165) is 5.56 Å². The highest BCUT2D eigenvalue weighted by Crippen LogP contribution is 2.22. The molecule has 1 atom stereocenters. The van der Waals surface area contributed by atoms with Gasteiger partial charge in [-0.25, -0.2) is 0 Å². The molecule has 27 heavy (non-hydrogen) atoms. The van der Waals surface area contributed by atoms with E-state index >= 15 is 0 Å². The van der Waals surface area contributed by atoms with E-state index in [4.69, 9.17) is 23.2 Å². The molecule has 0 aromatic heterocycles. The number of hydrogen-bond donors (Lipinski definition) is 1. The van der Waals surface area contributed by atoms with Crippen molar-refractivity contribution in [2.24, 2.45) is 0 Å². The first-order valence-electron chi connectivity index (χ1n) is 8.85. The van der Waals surface area contributed by atoms with Crippen molar-refractivity contribution < 1.29 is 9.59 Å². The van der Waals surface area contributed by atoms with Crippen LogP contribution in [0.25, 0.3) is 0 Å². The average Bonchev–Trinajstić information content (AvgIpc) is 2.61. The van der Waals surface area contributed by atoms with Crippen LogP contribution in [0.2, 0.25) is 10.0 Å². The number of hydrogen-bond acceptors (Lipinski definition) is 2. The van der Waals surface area contributed by atoms with Gasteiger partial charge < -0.3 is 10.2 Å². The van der Waals surface area contributed by atoms with Crippen LogP contribution in [0.4, 0.5) is 0 Å². The predicted molar refractivity (Wildman–Crippen MR) is 110 cm³/mol. The zero-order valence-electron chi connectivity index (χ0n) is 15.7. The van der Waals surface area contributed by atoms with Crippen LogP contribution in [-0.2, 0) is 22.6 Å². The van der Waals surface area contributed by atoms with Gasteiger partial charge in [-0.15, -0.1) is 0 Å². The Morgan fingerprint density at radius 3 is 2.30 bits per heavy atom. The molecule has 144 valence electrons. The Bertz CT molecular complexity index is 794. The molecule has 0 aliphatic heterocycles. The van der Waals surface area contributed by atoms with Gasteiger partial charge >= 0.3 is 0 Å². The Kier molecular flexibility index (Phi) is 7.69. The fourth-order valence-corrected chi connectivity index (χ4v) is 3.17. The first-order valence-corrected chi connectivity index (χ1v) is 9.61.